The fourth-order valence-corrected chi connectivity index (χ4v) is 2.08. The Hall–Kier alpha value is -2.27. The highest BCUT2D eigenvalue weighted by molar-refractivity contribution is 6.34. The number of nitrogens with zero attached hydrogens (tertiary/aromatic N) is 1. The number of halogens is 1. The van der Waals surface area contributed by atoms with Crippen molar-refractivity contribution in [1.82, 2.24) is 0 Å². The van der Waals surface area contributed by atoms with Crippen molar-refractivity contribution in [2.45, 2.75) is 6.92 Å². The second kappa shape index (κ2) is 6.45. The molecule has 0 radical (unpaired) electrons. The van der Waals surface area contributed by atoms with Crippen LogP contribution in [0.5, 0.6) is 0 Å². The molecule has 2 rings (SSSR count). The van der Waals surface area contributed by atoms with E-state index in [1.807, 2.05) is 0 Å². The van der Waals surface area contributed by atoms with Gasteiger partial charge in [0.15, 0.2) is 5.76 Å². The minimum absolute atomic E-state index is 0.00139. The van der Waals surface area contributed by atoms with Gasteiger partial charge in [0.2, 0.25) is 0 Å². The zero-order valence-electron chi connectivity index (χ0n) is 11.3. The molecule has 1 heterocycles. The summed E-state index contributed by atoms with van der Waals surface area (Å²) in [5, 5.41) is 9.44. The normalized spacial score (nSPS) is 11.9. The molecule has 0 bridgehead atoms. The fourth-order valence-electron chi connectivity index (χ4n) is 1.85. The Labute approximate surface area is 126 Å². The Balaban J connectivity index is 2.37. The number of hydrogen-bond donors (Lipinski definition) is 1. The van der Waals surface area contributed by atoms with Crippen molar-refractivity contribution in [2.75, 3.05) is 11.4 Å². The first kappa shape index (κ1) is 15.1. The minimum Gasteiger partial charge on any atom is -0.481 e. The van der Waals surface area contributed by atoms with E-state index in [0.717, 1.165) is 0 Å². The number of anilines is 1. The highest BCUT2D eigenvalue weighted by Gasteiger charge is 2.26. The summed E-state index contributed by atoms with van der Waals surface area (Å²) in [4.78, 5) is 24.9. The number of carboxylic acid groups (broad SMARTS) is 1. The third kappa shape index (κ3) is 3.44. The van der Waals surface area contributed by atoms with Crippen molar-refractivity contribution in [3.63, 3.8) is 0 Å². The van der Waals surface area contributed by atoms with E-state index in [-0.39, 0.29) is 12.3 Å². The van der Waals surface area contributed by atoms with Gasteiger partial charge in [-0.2, -0.15) is 0 Å². The van der Waals surface area contributed by atoms with Crippen molar-refractivity contribution >= 4 is 29.2 Å². The molecule has 21 heavy (non-hydrogen) atoms. The number of carbonyl (C=O) groups excluding carboxylic acids is 1. The predicted octanol–water partition coefficient (Wildman–Crippen LogP) is 3.30. The van der Waals surface area contributed by atoms with Crippen LogP contribution in [-0.4, -0.2) is 23.5 Å². The van der Waals surface area contributed by atoms with Crippen LogP contribution < -0.4 is 4.90 Å². The van der Waals surface area contributed by atoms with Gasteiger partial charge in [-0.3, -0.25) is 9.59 Å². The molecule has 1 aromatic carbocycles. The highest BCUT2D eigenvalue weighted by Crippen LogP contribution is 2.27. The van der Waals surface area contributed by atoms with Gasteiger partial charge >= 0.3 is 5.97 Å². The first-order valence-corrected chi connectivity index (χ1v) is 6.71. The van der Waals surface area contributed by atoms with E-state index in [1.54, 1.807) is 30.3 Å². The van der Waals surface area contributed by atoms with E-state index in [1.165, 1.54) is 24.2 Å². The van der Waals surface area contributed by atoms with Gasteiger partial charge < -0.3 is 14.4 Å². The number of hydrogen-bond acceptors (Lipinski definition) is 3. The molecule has 6 heteroatoms. The van der Waals surface area contributed by atoms with Crippen LogP contribution in [0.4, 0.5) is 5.69 Å². The van der Waals surface area contributed by atoms with E-state index >= 15 is 0 Å². The monoisotopic (exact) mass is 307 g/mol. The summed E-state index contributed by atoms with van der Waals surface area (Å²) in [7, 11) is 0. The SMILES string of the molecule is CC(CN(C(=O)c1ccco1)c1ccccc1Cl)C(=O)O. The molecule has 1 aromatic heterocycles. The maximum absolute atomic E-state index is 12.5. The Morgan fingerprint density at radius 2 is 2.00 bits per heavy atom. The average Bonchev–Trinajstić information content (AvgIpc) is 2.98. The Morgan fingerprint density at radius 3 is 2.57 bits per heavy atom. The minimum atomic E-state index is -0.987. The highest BCUT2D eigenvalue weighted by atomic mass is 35.5. The van der Waals surface area contributed by atoms with Crippen LogP contribution in [0.1, 0.15) is 17.5 Å². The Morgan fingerprint density at radius 1 is 1.29 bits per heavy atom. The van der Waals surface area contributed by atoms with E-state index in [2.05, 4.69) is 0 Å². The first-order chi connectivity index (χ1) is 10.0. The van der Waals surface area contributed by atoms with Crippen molar-refractivity contribution in [1.29, 1.82) is 0 Å². The van der Waals surface area contributed by atoms with Gasteiger partial charge in [-0.05, 0) is 24.3 Å². The lowest BCUT2D eigenvalue weighted by atomic mass is 10.1. The molecule has 5 nitrogen and oxygen atoms in total. The van der Waals surface area contributed by atoms with Crippen molar-refractivity contribution in [2.24, 2.45) is 5.92 Å². The second-order valence-electron chi connectivity index (χ2n) is 4.58. The Kier molecular flexibility index (Phi) is 4.65. The molecule has 0 saturated carbocycles. The number of furan rings is 1. The molecule has 1 amide bonds. The molecule has 0 saturated heterocycles. The smallest absolute Gasteiger partial charge is 0.308 e. The van der Waals surface area contributed by atoms with E-state index in [4.69, 9.17) is 21.1 Å². The molecular formula is C15H14ClNO4. The average molecular weight is 308 g/mol. The van der Waals surface area contributed by atoms with Crippen LogP contribution in [0.15, 0.2) is 47.1 Å². The number of carbonyl (C=O) groups is 2. The first-order valence-electron chi connectivity index (χ1n) is 6.33. The second-order valence-corrected chi connectivity index (χ2v) is 4.99. The summed E-state index contributed by atoms with van der Waals surface area (Å²) in [6, 6.07) is 9.90. The summed E-state index contributed by atoms with van der Waals surface area (Å²) in [6.07, 6.45) is 1.39. The molecule has 0 spiro atoms. The van der Waals surface area contributed by atoms with Gasteiger partial charge in [0.1, 0.15) is 0 Å². The van der Waals surface area contributed by atoms with Gasteiger partial charge in [-0.25, -0.2) is 0 Å². The zero-order valence-corrected chi connectivity index (χ0v) is 12.1. The van der Waals surface area contributed by atoms with Gasteiger partial charge in [0, 0.05) is 6.54 Å². The molecule has 1 unspecified atom stereocenters. The number of aliphatic carboxylic acids is 1. The number of amides is 1. The zero-order chi connectivity index (χ0) is 15.4. The van der Waals surface area contributed by atoms with Crippen LogP contribution in [0, 0.1) is 5.92 Å². The van der Waals surface area contributed by atoms with E-state index in [9.17, 15) is 9.59 Å². The van der Waals surface area contributed by atoms with Crippen LogP contribution >= 0.6 is 11.6 Å². The molecule has 110 valence electrons. The fraction of sp³-hybridized carbons (Fsp3) is 0.200. The standard InChI is InChI=1S/C15H14ClNO4/c1-10(15(19)20)9-17(12-6-3-2-5-11(12)16)14(18)13-7-4-8-21-13/h2-8,10H,9H2,1H3,(H,19,20). The summed E-state index contributed by atoms with van der Waals surface area (Å²) < 4.78 is 5.10. The number of rotatable bonds is 5. The molecule has 0 aliphatic heterocycles. The van der Waals surface area contributed by atoms with Gasteiger partial charge in [0.25, 0.3) is 5.91 Å². The van der Waals surface area contributed by atoms with Crippen molar-refractivity contribution in [3.05, 3.63) is 53.4 Å². The topological polar surface area (TPSA) is 70.8 Å². The van der Waals surface area contributed by atoms with Crippen LogP contribution in [0.2, 0.25) is 5.02 Å². The van der Waals surface area contributed by atoms with Crippen LogP contribution in [0.3, 0.4) is 0 Å². The largest absolute Gasteiger partial charge is 0.481 e. The molecule has 2 aromatic rings. The molecule has 0 fully saturated rings. The van der Waals surface area contributed by atoms with Crippen LogP contribution in [0.25, 0.3) is 0 Å². The summed E-state index contributed by atoms with van der Waals surface area (Å²) in [5.74, 6) is -2.02. The van der Waals surface area contributed by atoms with Crippen LogP contribution in [-0.2, 0) is 4.79 Å². The van der Waals surface area contributed by atoms with E-state index < -0.39 is 17.8 Å². The third-order valence-corrected chi connectivity index (χ3v) is 3.32. The summed E-state index contributed by atoms with van der Waals surface area (Å²) in [6.45, 7) is 1.53. The number of benzene rings is 1. The van der Waals surface area contributed by atoms with Gasteiger partial charge in [-0.1, -0.05) is 30.7 Å². The number of carboxylic acids is 1. The van der Waals surface area contributed by atoms with Crippen molar-refractivity contribution < 1.29 is 19.1 Å². The van der Waals surface area contributed by atoms with Crippen molar-refractivity contribution in [3.8, 4) is 0 Å². The summed E-state index contributed by atoms with van der Waals surface area (Å²) in [5.41, 5.74) is 0.452. The maximum Gasteiger partial charge on any atom is 0.308 e. The predicted molar refractivity (Wildman–Crippen MR) is 78.6 cm³/mol. The molecule has 1 N–H and O–H groups in total. The lowest BCUT2D eigenvalue weighted by molar-refractivity contribution is -0.140. The molecule has 0 aliphatic carbocycles. The lowest BCUT2D eigenvalue weighted by Crippen LogP contribution is -2.37. The quantitative estimate of drug-likeness (QED) is 0.920. The summed E-state index contributed by atoms with van der Waals surface area (Å²) >= 11 is 6.12. The maximum atomic E-state index is 12.5. The van der Waals surface area contributed by atoms with E-state index in [0.29, 0.717) is 10.7 Å². The number of para-hydroxylation sites is 1. The molecular weight excluding hydrogens is 294 g/mol. The molecule has 1 atom stereocenters. The third-order valence-electron chi connectivity index (χ3n) is 3.00. The Bertz CT molecular complexity index is 639. The van der Waals surface area contributed by atoms with Gasteiger partial charge in [0.05, 0.1) is 22.9 Å². The van der Waals surface area contributed by atoms with Gasteiger partial charge in [-0.15, -0.1) is 0 Å². The lowest BCUT2D eigenvalue weighted by Gasteiger charge is -2.24. The molecule has 0 aliphatic rings.